The number of carboxylic acids is 1. The van der Waals surface area contributed by atoms with E-state index in [1.54, 1.807) is 4.68 Å². The van der Waals surface area contributed by atoms with Gasteiger partial charge in [0.05, 0.1) is 24.6 Å². The Balaban J connectivity index is 2.22. The molecular weight excluding hydrogens is 312 g/mol. The molecule has 2 aromatic rings. The van der Waals surface area contributed by atoms with Crippen LogP contribution in [0, 0.1) is 0 Å². The Labute approximate surface area is 117 Å². The second kappa shape index (κ2) is 4.79. The van der Waals surface area contributed by atoms with Crippen LogP contribution in [0.5, 0.6) is 0 Å². The molecule has 1 aromatic heterocycles. The topological polar surface area (TPSA) is 64.3 Å². The standard InChI is InChI=1S/C13H11BrN2O3/c14-9-3-1-2-4-11(9)16-10-5-6-19-7-8(10)12(15-16)13(17)18/h1-4H,5-7H2,(H,17,18). The van der Waals surface area contributed by atoms with Crippen molar-refractivity contribution in [1.82, 2.24) is 9.78 Å². The third-order valence-corrected chi connectivity index (χ3v) is 3.77. The minimum Gasteiger partial charge on any atom is -0.476 e. The van der Waals surface area contributed by atoms with Crippen LogP contribution in [0.4, 0.5) is 0 Å². The van der Waals surface area contributed by atoms with Crippen molar-refractivity contribution in [2.45, 2.75) is 13.0 Å². The maximum absolute atomic E-state index is 11.3. The Kier molecular flexibility index (Phi) is 3.12. The van der Waals surface area contributed by atoms with Gasteiger partial charge in [0.1, 0.15) is 0 Å². The van der Waals surface area contributed by atoms with Gasteiger partial charge < -0.3 is 9.84 Å². The van der Waals surface area contributed by atoms with Crippen LogP contribution in [0.25, 0.3) is 5.69 Å². The molecule has 1 aromatic carbocycles. The first-order valence-corrected chi connectivity index (χ1v) is 6.64. The summed E-state index contributed by atoms with van der Waals surface area (Å²) < 4.78 is 7.92. The minimum atomic E-state index is -1.02. The van der Waals surface area contributed by atoms with E-state index in [0.29, 0.717) is 25.2 Å². The highest BCUT2D eigenvalue weighted by molar-refractivity contribution is 9.10. The van der Waals surface area contributed by atoms with Crippen molar-refractivity contribution in [3.8, 4) is 5.69 Å². The number of aromatic nitrogens is 2. The van der Waals surface area contributed by atoms with Crippen LogP contribution in [0.1, 0.15) is 21.7 Å². The predicted molar refractivity (Wildman–Crippen MR) is 71.6 cm³/mol. The van der Waals surface area contributed by atoms with Crippen LogP contribution in [0.15, 0.2) is 28.7 Å². The third-order valence-electron chi connectivity index (χ3n) is 3.10. The molecule has 6 heteroatoms. The maximum atomic E-state index is 11.3. The van der Waals surface area contributed by atoms with Crippen LogP contribution in [0.2, 0.25) is 0 Å². The molecule has 2 heterocycles. The molecule has 0 unspecified atom stereocenters. The lowest BCUT2D eigenvalue weighted by molar-refractivity contribution is 0.0677. The largest absolute Gasteiger partial charge is 0.476 e. The zero-order valence-electron chi connectivity index (χ0n) is 9.97. The Hall–Kier alpha value is -1.66. The highest BCUT2D eigenvalue weighted by Crippen LogP contribution is 2.27. The average Bonchev–Trinajstić information content (AvgIpc) is 2.79. The smallest absolute Gasteiger partial charge is 0.356 e. The average molecular weight is 323 g/mol. The summed E-state index contributed by atoms with van der Waals surface area (Å²) in [4.78, 5) is 11.3. The van der Waals surface area contributed by atoms with Crippen LogP contribution in [0.3, 0.4) is 0 Å². The fraction of sp³-hybridized carbons (Fsp3) is 0.231. The lowest BCUT2D eigenvalue weighted by Crippen LogP contribution is -2.13. The van der Waals surface area contributed by atoms with E-state index >= 15 is 0 Å². The SMILES string of the molecule is O=C(O)c1nn(-c2ccccc2Br)c2c1COCC2. The summed E-state index contributed by atoms with van der Waals surface area (Å²) in [5.41, 5.74) is 2.50. The molecule has 0 spiro atoms. The van der Waals surface area contributed by atoms with E-state index in [4.69, 9.17) is 4.74 Å². The Bertz CT molecular complexity index is 651. The van der Waals surface area contributed by atoms with Crippen molar-refractivity contribution in [3.05, 3.63) is 45.7 Å². The van der Waals surface area contributed by atoms with Crippen LogP contribution in [-0.2, 0) is 17.8 Å². The number of carboxylic acid groups (broad SMARTS) is 1. The normalized spacial score (nSPS) is 14.2. The quantitative estimate of drug-likeness (QED) is 0.922. The molecule has 1 aliphatic rings. The van der Waals surface area contributed by atoms with Gasteiger partial charge in [-0.2, -0.15) is 5.10 Å². The van der Waals surface area contributed by atoms with E-state index in [1.807, 2.05) is 24.3 Å². The van der Waals surface area contributed by atoms with E-state index < -0.39 is 5.97 Å². The molecular formula is C13H11BrN2O3. The van der Waals surface area contributed by atoms with E-state index in [9.17, 15) is 9.90 Å². The van der Waals surface area contributed by atoms with Crippen molar-refractivity contribution < 1.29 is 14.6 Å². The van der Waals surface area contributed by atoms with Crippen molar-refractivity contribution in [3.63, 3.8) is 0 Å². The van der Waals surface area contributed by atoms with Gasteiger partial charge in [-0.1, -0.05) is 12.1 Å². The van der Waals surface area contributed by atoms with Gasteiger partial charge in [0.2, 0.25) is 0 Å². The highest BCUT2D eigenvalue weighted by Gasteiger charge is 2.26. The van der Waals surface area contributed by atoms with Gasteiger partial charge >= 0.3 is 5.97 Å². The van der Waals surface area contributed by atoms with E-state index in [2.05, 4.69) is 21.0 Å². The number of rotatable bonds is 2. The molecule has 3 rings (SSSR count). The Morgan fingerprint density at radius 1 is 1.42 bits per heavy atom. The van der Waals surface area contributed by atoms with Crippen molar-refractivity contribution in [2.75, 3.05) is 6.61 Å². The van der Waals surface area contributed by atoms with Crippen molar-refractivity contribution in [1.29, 1.82) is 0 Å². The molecule has 0 saturated heterocycles. The predicted octanol–water partition coefficient (Wildman–Crippen LogP) is 2.41. The summed E-state index contributed by atoms with van der Waals surface area (Å²) in [5.74, 6) is -1.02. The van der Waals surface area contributed by atoms with Crippen LogP contribution < -0.4 is 0 Å². The number of fused-ring (bicyclic) bond motifs is 1. The first-order chi connectivity index (χ1) is 9.18. The summed E-state index contributed by atoms with van der Waals surface area (Å²) in [5, 5.41) is 13.5. The summed E-state index contributed by atoms with van der Waals surface area (Å²) in [6, 6.07) is 7.61. The lowest BCUT2D eigenvalue weighted by Gasteiger charge is -2.15. The maximum Gasteiger partial charge on any atom is 0.356 e. The zero-order chi connectivity index (χ0) is 13.4. The molecule has 1 N–H and O–H groups in total. The first kappa shape index (κ1) is 12.4. The van der Waals surface area contributed by atoms with Gasteiger partial charge in [0.25, 0.3) is 0 Å². The molecule has 5 nitrogen and oxygen atoms in total. The van der Waals surface area contributed by atoms with E-state index in [1.165, 1.54) is 0 Å². The molecule has 0 amide bonds. The van der Waals surface area contributed by atoms with Gasteiger partial charge in [-0.3, -0.25) is 0 Å². The van der Waals surface area contributed by atoms with E-state index in [-0.39, 0.29) is 5.69 Å². The number of halogens is 1. The zero-order valence-corrected chi connectivity index (χ0v) is 11.6. The summed E-state index contributed by atoms with van der Waals surface area (Å²) >= 11 is 3.47. The molecule has 0 bridgehead atoms. The van der Waals surface area contributed by atoms with Gasteiger partial charge in [-0.15, -0.1) is 0 Å². The van der Waals surface area contributed by atoms with Crippen LogP contribution in [-0.4, -0.2) is 27.5 Å². The Morgan fingerprint density at radius 2 is 2.21 bits per heavy atom. The van der Waals surface area contributed by atoms with Gasteiger partial charge in [0, 0.05) is 16.5 Å². The summed E-state index contributed by atoms with van der Waals surface area (Å²) in [6.45, 7) is 0.892. The molecule has 98 valence electrons. The molecule has 0 saturated carbocycles. The molecule has 0 aliphatic carbocycles. The minimum absolute atomic E-state index is 0.0745. The molecule has 1 aliphatic heterocycles. The summed E-state index contributed by atoms with van der Waals surface area (Å²) in [7, 11) is 0. The monoisotopic (exact) mass is 322 g/mol. The Morgan fingerprint density at radius 3 is 2.95 bits per heavy atom. The molecule has 0 radical (unpaired) electrons. The number of benzene rings is 1. The van der Waals surface area contributed by atoms with Crippen molar-refractivity contribution >= 4 is 21.9 Å². The number of aromatic carboxylic acids is 1. The van der Waals surface area contributed by atoms with Gasteiger partial charge in [-0.25, -0.2) is 9.48 Å². The second-order valence-corrected chi connectivity index (χ2v) is 5.10. The van der Waals surface area contributed by atoms with Gasteiger partial charge in [0.15, 0.2) is 5.69 Å². The van der Waals surface area contributed by atoms with E-state index in [0.717, 1.165) is 15.9 Å². The second-order valence-electron chi connectivity index (χ2n) is 4.24. The van der Waals surface area contributed by atoms with Gasteiger partial charge in [-0.05, 0) is 28.1 Å². The van der Waals surface area contributed by atoms with Crippen LogP contribution >= 0.6 is 15.9 Å². The fourth-order valence-electron chi connectivity index (χ4n) is 2.23. The number of para-hydroxylation sites is 1. The fourth-order valence-corrected chi connectivity index (χ4v) is 2.68. The molecule has 0 fully saturated rings. The number of ether oxygens (including phenoxy) is 1. The van der Waals surface area contributed by atoms with Crippen molar-refractivity contribution in [2.24, 2.45) is 0 Å². The molecule has 0 atom stereocenters. The third kappa shape index (κ3) is 2.06. The highest BCUT2D eigenvalue weighted by atomic mass is 79.9. The molecule has 19 heavy (non-hydrogen) atoms. The lowest BCUT2D eigenvalue weighted by atomic mass is 10.1. The number of nitrogens with zero attached hydrogens (tertiary/aromatic N) is 2. The number of hydrogen-bond donors (Lipinski definition) is 1. The number of carbonyl (C=O) groups is 1. The number of hydrogen-bond acceptors (Lipinski definition) is 3. The first-order valence-electron chi connectivity index (χ1n) is 5.85. The summed E-state index contributed by atoms with van der Waals surface area (Å²) in [6.07, 6.45) is 0.664.